The summed E-state index contributed by atoms with van der Waals surface area (Å²) in [6.07, 6.45) is 5.05. The molecule has 3 heterocycles. The first-order chi connectivity index (χ1) is 14.8. The smallest absolute Gasteiger partial charge is 0.254 e. The van der Waals surface area contributed by atoms with Crippen LogP contribution in [0.4, 0.5) is 0 Å². The van der Waals surface area contributed by atoms with E-state index >= 15 is 0 Å². The van der Waals surface area contributed by atoms with Gasteiger partial charge in [-0.25, -0.2) is 4.68 Å². The van der Waals surface area contributed by atoms with E-state index in [1.54, 1.807) is 16.9 Å². The zero-order valence-electron chi connectivity index (χ0n) is 16.4. The number of aromatic nitrogens is 4. The largest absolute Gasteiger partial charge is 0.473 e. The van der Waals surface area contributed by atoms with Gasteiger partial charge in [0.25, 0.3) is 5.91 Å². The minimum Gasteiger partial charge on any atom is -0.473 e. The summed E-state index contributed by atoms with van der Waals surface area (Å²) in [6.45, 7) is 1.32. The first-order valence-corrected chi connectivity index (χ1v) is 10.1. The number of nitrogens with zero attached hydrogens (tertiary/aromatic N) is 5. The second-order valence-electron chi connectivity index (χ2n) is 7.32. The average Bonchev–Trinajstić information content (AvgIpc) is 3.34. The molecule has 30 heavy (non-hydrogen) atoms. The molecule has 2 aromatic carbocycles. The van der Waals surface area contributed by atoms with Crippen molar-refractivity contribution in [2.24, 2.45) is 0 Å². The van der Waals surface area contributed by atoms with Crippen molar-refractivity contribution >= 4 is 16.7 Å². The number of ether oxygens (including phenoxy) is 1. The van der Waals surface area contributed by atoms with E-state index in [4.69, 9.17) is 4.74 Å². The molecular formula is C23H21N5O2. The lowest BCUT2D eigenvalue weighted by Gasteiger charge is -2.32. The van der Waals surface area contributed by atoms with Gasteiger partial charge in [-0.05, 0) is 29.0 Å². The van der Waals surface area contributed by atoms with Crippen LogP contribution < -0.4 is 4.74 Å². The van der Waals surface area contributed by atoms with Crippen molar-refractivity contribution in [1.82, 2.24) is 24.9 Å². The van der Waals surface area contributed by atoms with Gasteiger partial charge in [-0.3, -0.25) is 4.79 Å². The maximum absolute atomic E-state index is 13.1. The lowest BCUT2D eigenvalue weighted by atomic mass is 10.0. The summed E-state index contributed by atoms with van der Waals surface area (Å²) >= 11 is 0. The highest BCUT2D eigenvalue weighted by Gasteiger charge is 2.26. The Bertz CT molecular complexity index is 1140. The van der Waals surface area contributed by atoms with Gasteiger partial charge in [-0.2, -0.15) is 5.10 Å². The van der Waals surface area contributed by atoms with E-state index in [9.17, 15) is 4.79 Å². The van der Waals surface area contributed by atoms with Crippen molar-refractivity contribution in [2.75, 3.05) is 13.1 Å². The Balaban J connectivity index is 1.21. The fourth-order valence-corrected chi connectivity index (χ4v) is 3.83. The zero-order valence-corrected chi connectivity index (χ0v) is 16.4. The summed E-state index contributed by atoms with van der Waals surface area (Å²) in [4.78, 5) is 15.0. The normalized spacial score (nSPS) is 14.7. The van der Waals surface area contributed by atoms with Crippen molar-refractivity contribution in [3.05, 3.63) is 78.6 Å². The van der Waals surface area contributed by atoms with Gasteiger partial charge in [0.05, 0.1) is 0 Å². The van der Waals surface area contributed by atoms with Gasteiger partial charge in [-0.15, -0.1) is 10.2 Å². The first kappa shape index (κ1) is 18.3. The van der Waals surface area contributed by atoms with E-state index < -0.39 is 0 Å². The highest BCUT2D eigenvalue weighted by Crippen LogP contribution is 2.23. The third-order valence-corrected chi connectivity index (χ3v) is 5.40. The van der Waals surface area contributed by atoms with Gasteiger partial charge in [0.15, 0.2) is 5.82 Å². The molecule has 0 bridgehead atoms. The van der Waals surface area contributed by atoms with Gasteiger partial charge in [0.1, 0.15) is 6.10 Å². The van der Waals surface area contributed by atoms with E-state index in [1.807, 2.05) is 65.7 Å². The Hall–Kier alpha value is -3.74. The molecule has 0 saturated carbocycles. The number of piperidine rings is 1. The van der Waals surface area contributed by atoms with E-state index in [1.165, 1.54) is 0 Å². The molecule has 1 saturated heterocycles. The quantitative estimate of drug-likeness (QED) is 0.525. The lowest BCUT2D eigenvalue weighted by molar-refractivity contribution is 0.0588. The van der Waals surface area contributed by atoms with Crippen molar-refractivity contribution < 1.29 is 9.53 Å². The molecule has 0 N–H and O–H groups in total. The summed E-state index contributed by atoms with van der Waals surface area (Å²) < 4.78 is 7.64. The molecule has 0 aliphatic carbocycles. The van der Waals surface area contributed by atoms with Crippen LogP contribution in [0.3, 0.4) is 0 Å². The number of carbonyl (C=O) groups excluding carboxylic acids is 1. The van der Waals surface area contributed by atoms with Crippen LogP contribution in [0.1, 0.15) is 23.2 Å². The molecule has 0 radical (unpaired) electrons. The van der Waals surface area contributed by atoms with Crippen LogP contribution in [0.5, 0.6) is 5.88 Å². The van der Waals surface area contributed by atoms with Gasteiger partial charge in [0.2, 0.25) is 5.88 Å². The molecule has 7 heteroatoms. The maximum atomic E-state index is 13.1. The second kappa shape index (κ2) is 7.94. The standard InChI is InChI=1S/C23H21N5O2/c29-23(20-8-3-6-17-5-1-2-7-19(17)20)27-15-11-18(12-16-27)30-22-10-9-21(25-26-22)28-14-4-13-24-28/h1-10,13-14,18H,11-12,15-16H2. The Kier molecular flexibility index (Phi) is 4.85. The monoisotopic (exact) mass is 399 g/mol. The predicted octanol–water partition coefficient (Wildman–Crippen LogP) is 3.50. The summed E-state index contributed by atoms with van der Waals surface area (Å²) in [5.41, 5.74) is 0.757. The van der Waals surface area contributed by atoms with E-state index in [2.05, 4.69) is 15.3 Å². The summed E-state index contributed by atoms with van der Waals surface area (Å²) in [5.74, 6) is 1.21. The predicted molar refractivity (Wildman–Crippen MR) is 113 cm³/mol. The Morgan fingerprint density at radius 2 is 1.77 bits per heavy atom. The fourth-order valence-electron chi connectivity index (χ4n) is 3.83. The summed E-state index contributed by atoms with van der Waals surface area (Å²) in [5, 5.41) is 14.5. The third-order valence-electron chi connectivity index (χ3n) is 5.40. The third kappa shape index (κ3) is 3.61. The molecule has 1 fully saturated rings. The van der Waals surface area contributed by atoms with Gasteiger partial charge >= 0.3 is 0 Å². The van der Waals surface area contributed by atoms with Crippen LogP contribution in [0.15, 0.2) is 73.1 Å². The van der Waals surface area contributed by atoms with E-state index in [-0.39, 0.29) is 12.0 Å². The first-order valence-electron chi connectivity index (χ1n) is 10.1. The van der Waals surface area contributed by atoms with Crippen molar-refractivity contribution in [2.45, 2.75) is 18.9 Å². The number of rotatable bonds is 4. The highest BCUT2D eigenvalue weighted by atomic mass is 16.5. The molecular weight excluding hydrogens is 378 g/mol. The molecule has 7 nitrogen and oxygen atoms in total. The van der Waals surface area contributed by atoms with Crippen molar-refractivity contribution in [1.29, 1.82) is 0 Å². The summed E-state index contributed by atoms with van der Waals surface area (Å²) in [6, 6.07) is 19.3. The molecule has 1 aliphatic heterocycles. The van der Waals surface area contributed by atoms with Crippen molar-refractivity contribution in [3.63, 3.8) is 0 Å². The SMILES string of the molecule is O=C(c1cccc2ccccc12)N1CCC(Oc2ccc(-n3cccn3)nn2)CC1. The zero-order chi connectivity index (χ0) is 20.3. The van der Waals surface area contributed by atoms with Crippen LogP contribution in [0.2, 0.25) is 0 Å². The number of fused-ring (bicyclic) bond motifs is 1. The molecule has 1 aliphatic rings. The molecule has 2 aromatic heterocycles. The lowest BCUT2D eigenvalue weighted by Crippen LogP contribution is -2.41. The Labute approximate surface area is 173 Å². The molecule has 5 rings (SSSR count). The number of hydrogen-bond donors (Lipinski definition) is 0. The molecule has 0 unspecified atom stereocenters. The number of hydrogen-bond acceptors (Lipinski definition) is 5. The molecule has 1 amide bonds. The number of amides is 1. The van der Waals surface area contributed by atoms with E-state index in [0.717, 1.165) is 29.2 Å². The Morgan fingerprint density at radius 1 is 0.933 bits per heavy atom. The van der Waals surface area contributed by atoms with Crippen LogP contribution in [-0.4, -0.2) is 50.0 Å². The fraction of sp³-hybridized carbons (Fsp3) is 0.217. The minimum atomic E-state index is 0.0198. The number of likely N-dealkylation sites (tertiary alicyclic amines) is 1. The average molecular weight is 399 g/mol. The van der Waals surface area contributed by atoms with Crippen LogP contribution in [0, 0.1) is 0 Å². The van der Waals surface area contributed by atoms with Gasteiger partial charge in [0, 0.05) is 50.0 Å². The maximum Gasteiger partial charge on any atom is 0.254 e. The van der Waals surface area contributed by atoms with Gasteiger partial charge < -0.3 is 9.64 Å². The topological polar surface area (TPSA) is 73.1 Å². The van der Waals surface area contributed by atoms with Crippen LogP contribution in [0.25, 0.3) is 16.6 Å². The molecule has 4 aromatic rings. The molecule has 150 valence electrons. The van der Waals surface area contributed by atoms with Crippen LogP contribution in [-0.2, 0) is 0 Å². The Morgan fingerprint density at radius 3 is 2.53 bits per heavy atom. The van der Waals surface area contributed by atoms with E-state index in [0.29, 0.717) is 24.8 Å². The minimum absolute atomic E-state index is 0.0198. The second-order valence-corrected chi connectivity index (χ2v) is 7.32. The highest BCUT2D eigenvalue weighted by molar-refractivity contribution is 6.07. The number of carbonyl (C=O) groups is 1. The van der Waals surface area contributed by atoms with Gasteiger partial charge in [-0.1, -0.05) is 36.4 Å². The molecule has 0 atom stereocenters. The van der Waals surface area contributed by atoms with Crippen molar-refractivity contribution in [3.8, 4) is 11.7 Å². The van der Waals surface area contributed by atoms with Crippen LogP contribution >= 0.6 is 0 Å². The number of benzene rings is 2. The summed E-state index contributed by atoms with van der Waals surface area (Å²) in [7, 11) is 0. The molecule has 0 spiro atoms.